The van der Waals surface area contributed by atoms with Crippen LogP contribution in [-0.2, 0) is 20.9 Å². The smallest absolute Gasteiger partial charge is 0.307 e. The summed E-state index contributed by atoms with van der Waals surface area (Å²) in [5.41, 5.74) is 0.364. The average Bonchev–Trinajstić information content (AvgIpc) is 3.22. The average molecular weight is 357 g/mol. The Morgan fingerprint density at radius 1 is 1.38 bits per heavy atom. The number of hydrogen-bond acceptors (Lipinski definition) is 4. The molecule has 0 N–H and O–H groups in total. The van der Waals surface area contributed by atoms with E-state index in [1.165, 1.54) is 0 Å². The molecule has 1 amide bonds. The van der Waals surface area contributed by atoms with E-state index in [-0.39, 0.29) is 18.3 Å². The van der Waals surface area contributed by atoms with Crippen molar-refractivity contribution in [1.82, 2.24) is 4.90 Å². The van der Waals surface area contributed by atoms with Crippen LogP contribution in [0.15, 0.2) is 36.9 Å². The molecule has 1 aliphatic carbocycles. The number of ether oxygens (including phenoxy) is 2. The predicted octanol–water partition coefficient (Wildman–Crippen LogP) is 3.48. The predicted molar refractivity (Wildman–Crippen MR) is 98.6 cm³/mol. The molecule has 1 aromatic carbocycles. The van der Waals surface area contributed by atoms with Crippen molar-refractivity contribution in [3.63, 3.8) is 0 Å². The molecule has 1 aromatic rings. The van der Waals surface area contributed by atoms with Crippen molar-refractivity contribution in [1.29, 1.82) is 0 Å². The Kier molecular flexibility index (Phi) is 5.64. The van der Waals surface area contributed by atoms with E-state index in [1.54, 1.807) is 11.0 Å². The minimum Gasteiger partial charge on any atom is -0.494 e. The van der Waals surface area contributed by atoms with E-state index >= 15 is 0 Å². The van der Waals surface area contributed by atoms with Crippen molar-refractivity contribution in [2.45, 2.75) is 51.2 Å². The van der Waals surface area contributed by atoms with Crippen molar-refractivity contribution >= 4 is 11.9 Å². The molecule has 1 heterocycles. The van der Waals surface area contributed by atoms with Gasteiger partial charge >= 0.3 is 5.97 Å². The van der Waals surface area contributed by atoms with Gasteiger partial charge < -0.3 is 14.4 Å². The van der Waals surface area contributed by atoms with Gasteiger partial charge in [0.05, 0.1) is 18.9 Å². The Balaban J connectivity index is 1.82. The number of para-hydroxylation sites is 1. The van der Waals surface area contributed by atoms with Gasteiger partial charge in [-0.3, -0.25) is 9.59 Å². The SMILES string of the molecule is C=CCN(Cc1ccccc1OCC)C(=O)[C@@H]1CC(=O)OC12CCCC2. The molecular formula is C21H27NO4. The third kappa shape index (κ3) is 3.62. The van der Waals surface area contributed by atoms with Gasteiger partial charge in [0.15, 0.2) is 0 Å². The molecule has 1 atom stereocenters. The largest absolute Gasteiger partial charge is 0.494 e. The fourth-order valence-electron chi connectivity index (χ4n) is 4.17. The standard InChI is InChI=1S/C21H27NO4/c1-3-13-22(15-16-9-5-6-10-18(16)25-4-2)20(24)17-14-19(23)26-21(17)11-7-8-12-21/h3,5-6,9-10,17H,1,4,7-8,11-15H2,2H3/t17-/m0/s1. The quantitative estimate of drug-likeness (QED) is 0.554. The summed E-state index contributed by atoms with van der Waals surface area (Å²) in [5.74, 6) is 0.116. The van der Waals surface area contributed by atoms with E-state index in [0.717, 1.165) is 37.0 Å². The highest BCUT2D eigenvalue weighted by atomic mass is 16.6. The van der Waals surface area contributed by atoms with Crippen LogP contribution in [-0.4, -0.2) is 35.5 Å². The Morgan fingerprint density at radius 2 is 2.12 bits per heavy atom. The second-order valence-electron chi connectivity index (χ2n) is 7.05. The minimum absolute atomic E-state index is 0.0241. The summed E-state index contributed by atoms with van der Waals surface area (Å²) in [4.78, 5) is 27.0. The lowest BCUT2D eigenvalue weighted by Gasteiger charge is -2.32. The van der Waals surface area contributed by atoms with E-state index in [0.29, 0.717) is 19.7 Å². The molecule has 1 aliphatic heterocycles. The molecule has 0 aromatic heterocycles. The molecule has 2 fully saturated rings. The molecule has 0 radical (unpaired) electrons. The van der Waals surface area contributed by atoms with Gasteiger partial charge in [-0.1, -0.05) is 24.3 Å². The zero-order valence-corrected chi connectivity index (χ0v) is 15.4. The molecule has 140 valence electrons. The first kappa shape index (κ1) is 18.5. The number of esters is 1. The molecule has 1 spiro atoms. The van der Waals surface area contributed by atoms with E-state index in [2.05, 4.69) is 6.58 Å². The van der Waals surface area contributed by atoms with Gasteiger partial charge in [-0.2, -0.15) is 0 Å². The maximum Gasteiger partial charge on any atom is 0.307 e. The lowest BCUT2D eigenvalue weighted by Crippen LogP contribution is -2.44. The molecule has 26 heavy (non-hydrogen) atoms. The summed E-state index contributed by atoms with van der Waals surface area (Å²) < 4.78 is 11.3. The summed E-state index contributed by atoms with van der Waals surface area (Å²) in [7, 11) is 0. The number of rotatable bonds is 7. The fourth-order valence-corrected chi connectivity index (χ4v) is 4.17. The van der Waals surface area contributed by atoms with Crippen LogP contribution < -0.4 is 4.74 Å². The number of carbonyl (C=O) groups is 2. The van der Waals surface area contributed by atoms with Crippen LogP contribution in [0.2, 0.25) is 0 Å². The van der Waals surface area contributed by atoms with Gasteiger partial charge in [0.2, 0.25) is 5.91 Å². The number of hydrogen-bond donors (Lipinski definition) is 0. The zero-order chi connectivity index (χ0) is 18.6. The van der Waals surface area contributed by atoms with Crippen molar-refractivity contribution in [2.75, 3.05) is 13.2 Å². The summed E-state index contributed by atoms with van der Waals surface area (Å²) >= 11 is 0. The Morgan fingerprint density at radius 3 is 2.81 bits per heavy atom. The number of benzene rings is 1. The lowest BCUT2D eigenvalue weighted by molar-refractivity contribution is -0.151. The number of nitrogens with zero attached hydrogens (tertiary/aromatic N) is 1. The second kappa shape index (κ2) is 7.94. The van der Waals surface area contributed by atoms with Gasteiger partial charge in [-0.05, 0) is 38.7 Å². The summed E-state index contributed by atoms with van der Waals surface area (Å²) in [6.07, 6.45) is 5.48. The second-order valence-corrected chi connectivity index (χ2v) is 7.05. The van der Waals surface area contributed by atoms with Crippen LogP contribution in [0, 0.1) is 5.92 Å². The van der Waals surface area contributed by atoms with Crippen LogP contribution in [0.3, 0.4) is 0 Å². The monoisotopic (exact) mass is 357 g/mol. The topological polar surface area (TPSA) is 55.8 Å². The normalized spacial score (nSPS) is 20.8. The fraction of sp³-hybridized carbons (Fsp3) is 0.524. The molecule has 5 nitrogen and oxygen atoms in total. The lowest BCUT2D eigenvalue weighted by atomic mass is 9.84. The Bertz CT molecular complexity index is 678. The molecule has 0 unspecified atom stereocenters. The van der Waals surface area contributed by atoms with E-state index in [1.807, 2.05) is 31.2 Å². The highest BCUT2D eigenvalue weighted by Crippen LogP contribution is 2.46. The van der Waals surface area contributed by atoms with Gasteiger partial charge in [-0.25, -0.2) is 0 Å². The molecule has 3 rings (SSSR count). The van der Waals surface area contributed by atoms with Crippen molar-refractivity contribution in [3.8, 4) is 5.75 Å². The summed E-state index contributed by atoms with van der Waals surface area (Å²) in [6.45, 7) is 7.16. The summed E-state index contributed by atoms with van der Waals surface area (Å²) in [6, 6.07) is 7.74. The van der Waals surface area contributed by atoms with Crippen LogP contribution >= 0.6 is 0 Å². The highest BCUT2D eigenvalue weighted by Gasteiger charge is 2.54. The molecule has 5 heteroatoms. The van der Waals surface area contributed by atoms with E-state index < -0.39 is 11.5 Å². The number of carbonyl (C=O) groups excluding carboxylic acids is 2. The van der Waals surface area contributed by atoms with E-state index in [4.69, 9.17) is 9.47 Å². The number of amides is 1. The van der Waals surface area contributed by atoms with Crippen LogP contribution in [0.5, 0.6) is 5.75 Å². The van der Waals surface area contributed by atoms with Crippen LogP contribution in [0.25, 0.3) is 0 Å². The third-order valence-corrected chi connectivity index (χ3v) is 5.37. The maximum absolute atomic E-state index is 13.3. The van der Waals surface area contributed by atoms with Crippen molar-refractivity contribution in [3.05, 3.63) is 42.5 Å². The summed E-state index contributed by atoms with van der Waals surface area (Å²) in [5, 5.41) is 0. The Hall–Kier alpha value is -2.30. The third-order valence-electron chi connectivity index (χ3n) is 5.37. The Labute approximate surface area is 155 Å². The van der Waals surface area contributed by atoms with Gasteiger partial charge in [0.1, 0.15) is 11.4 Å². The van der Waals surface area contributed by atoms with Crippen LogP contribution in [0.1, 0.15) is 44.6 Å². The van der Waals surface area contributed by atoms with E-state index in [9.17, 15) is 9.59 Å². The van der Waals surface area contributed by atoms with Gasteiger partial charge in [-0.15, -0.1) is 6.58 Å². The minimum atomic E-state index is -0.590. The molecular weight excluding hydrogens is 330 g/mol. The zero-order valence-electron chi connectivity index (χ0n) is 15.4. The van der Waals surface area contributed by atoms with Gasteiger partial charge in [0.25, 0.3) is 0 Å². The molecule has 1 saturated heterocycles. The van der Waals surface area contributed by atoms with Crippen LogP contribution in [0.4, 0.5) is 0 Å². The molecule has 0 bridgehead atoms. The van der Waals surface area contributed by atoms with Crippen molar-refractivity contribution < 1.29 is 19.1 Å². The van der Waals surface area contributed by atoms with Gasteiger partial charge in [0, 0.05) is 18.7 Å². The van der Waals surface area contributed by atoms with Crippen molar-refractivity contribution in [2.24, 2.45) is 5.92 Å². The molecule has 2 aliphatic rings. The first-order chi connectivity index (χ1) is 12.6. The maximum atomic E-state index is 13.3. The highest BCUT2D eigenvalue weighted by molar-refractivity contribution is 5.88. The first-order valence-electron chi connectivity index (χ1n) is 9.42. The molecule has 1 saturated carbocycles. The first-order valence-corrected chi connectivity index (χ1v) is 9.42.